The molecule has 0 heterocycles. The third-order valence-corrected chi connectivity index (χ3v) is 5.78. The second-order valence-electron chi connectivity index (χ2n) is 4.42. The van der Waals surface area contributed by atoms with Crippen molar-refractivity contribution in [3.63, 3.8) is 0 Å². The Morgan fingerprint density at radius 2 is 1.88 bits per heavy atom. The van der Waals surface area contributed by atoms with Gasteiger partial charge in [0.25, 0.3) is 0 Å². The molecule has 0 saturated heterocycles. The van der Waals surface area contributed by atoms with Crippen molar-refractivity contribution in [1.82, 2.24) is 0 Å². The molecule has 1 aromatic rings. The molecule has 2 N–H and O–H groups in total. The molecule has 0 bridgehead atoms. The van der Waals surface area contributed by atoms with Crippen molar-refractivity contribution in [3.8, 4) is 0 Å². The van der Waals surface area contributed by atoms with Gasteiger partial charge in [0.2, 0.25) is 0 Å². The fourth-order valence-electron chi connectivity index (χ4n) is 2.32. The second kappa shape index (κ2) is 4.09. The normalized spacial score (nSPS) is 17.8. The van der Waals surface area contributed by atoms with Gasteiger partial charge >= 0.3 is 0 Å². The molecule has 2 rings (SSSR count). The van der Waals surface area contributed by atoms with Gasteiger partial charge in [-0.25, -0.2) is 8.42 Å². The van der Waals surface area contributed by atoms with Crippen molar-refractivity contribution in [2.24, 2.45) is 0 Å². The lowest BCUT2D eigenvalue weighted by Gasteiger charge is -2.14. The Kier molecular flexibility index (Phi) is 2.93. The highest BCUT2D eigenvalue weighted by atomic mass is 32.2. The zero-order chi connectivity index (χ0) is 11.8. The highest BCUT2D eigenvalue weighted by Crippen LogP contribution is 2.32. The topological polar surface area (TPSA) is 60.2 Å². The van der Waals surface area contributed by atoms with E-state index in [1.54, 1.807) is 25.1 Å². The molecular formula is C12H17NO2S. The van der Waals surface area contributed by atoms with E-state index in [1.165, 1.54) is 0 Å². The number of nitrogens with two attached hydrogens (primary N) is 1. The summed E-state index contributed by atoms with van der Waals surface area (Å²) in [6.45, 7) is 1.77. The first-order chi connectivity index (χ1) is 7.53. The smallest absolute Gasteiger partial charge is 0.181 e. The molecule has 0 spiro atoms. The number of hydrogen-bond acceptors (Lipinski definition) is 3. The lowest BCUT2D eigenvalue weighted by atomic mass is 10.2. The van der Waals surface area contributed by atoms with Crippen LogP contribution in [0.4, 0.5) is 5.69 Å². The number of nitrogen functional groups attached to an aromatic ring is 1. The maximum Gasteiger partial charge on any atom is 0.181 e. The summed E-state index contributed by atoms with van der Waals surface area (Å²) < 4.78 is 24.7. The fraction of sp³-hybridized carbons (Fsp3) is 0.500. The molecule has 0 unspecified atom stereocenters. The number of anilines is 1. The molecule has 16 heavy (non-hydrogen) atoms. The van der Waals surface area contributed by atoms with Gasteiger partial charge in [-0.2, -0.15) is 0 Å². The van der Waals surface area contributed by atoms with Crippen molar-refractivity contribution in [3.05, 3.63) is 23.8 Å². The van der Waals surface area contributed by atoms with E-state index >= 15 is 0 Å². The fourth-order valence-corrected chi connectivity index (χ4v) is 4.44. The summed E-state index contributed by atoms with van der Waals surface area (Å²) in [5, 5.41) is -0.201. The number of rotatable bonds is 2. The lowest BCUT2D eigenvalue weighted by Crippen LogP contribution is -2.19. The van der Waals surface area contributed by atoms with E-state index in [4.69, 9.17) is 5.73 Å². The van der Waals surface area contributed by atoms with Gasteiger partial charge in [-0.1, -0.05) is 18.9 Å². The molecule has 3 nitrogen and oxygen atoms in total. The Balaban J connectivity index is 2.47. The van der Waals surface area contributed by atoms with Gasteiger partial charge in [0.15, 0.2) is 9.84 Å². The van der Waals surface area contributed by atoms with Crippen molar-refractivity contribution < 1.29 is 8.42 Å². The van der Waals surface area contributed by atoms with Gasteiger partial charge in [-0.15, -0.1) is 0 Å². The highest BCUT2D eigenvalue weighted by Gasteiger charge is 2.31. The number of benzene rings is 1. The van der Waals surface area contributed by atoms with Crippen LogP contribution in [-0.2, 0) is 9.84 Å². The first kappa shape index (κ1) is 11.5. The van der Waals surface area contributed by atoms with E-state index in [0.29, 0.717) is 16.1 Å². The van der Waals surface area contributed by atoms with Gasteiger partial charge in [0.05, 0.1) is 10.1 Å². The van der Waals surface area contributed by atoms with Crippen LogP contribution in [-0.4, -0.2) is 13.7 Å². The molecule has 1 aliphatic carbocycles. The Morgan fingerprint density at radius 3 is 2.50 bits per heavy atom. The van der Waals surface area contributed by atoms with Gasteiger partial charge in [0.1, 0.15) is 0 Å². The molecule has 4 heteroatoms. The van der Waals surface area contributed by atoms with Crippen LogP contribution in [0.15, 0.2) is 23.1 Å². The van der Waals surface area contributed by atoms with E-state index in [-0.39, 0.29) is 5.25 Å². The molecule has 1 aliphatic rings. The van der Waals surface area contributed by atoms with Crippen molar-refractivity contribution in [1.29, 1.82) is 0 Å². The molecule has 1 saturated carbocycles. The van der Waals surface area contributed by atoms with E-state index in [0.717, 1.165) is 25.7 Å². The summed E-state index contributed by atoms with van der Waals surface area (Å²) in [5.74, 6) is 0. The second-order valence-corrected chi connectivity index (χ2v) is 6.62. The average Bonchev–Trinajstić information content (AvgIpc) is 2.75. The van der Waals surface area contributed by atoms with Crippen LogP contribution in [0, 0.1) is 6.92 Å². The average molecular weight is 239 g/mol. The molecule has 1 aromatic carbocycles. The third-order valence-electron chi connectivity index (χ3n) is 3.37. The molecule has 88 valence electrons. The Hall–Kier alpha value is -1.03. The Bertz CT molecular complexity index is 488. The van der Waals surface area contributed by atoms with Crippen molar-refractivity contribution >= 4 is 15.5 Å². The Morgan fingerprint density at radius 1 is 1.25 bits per heavy atom. The summed E-state index contributed by atoms with van der Waals surface area (Å²) in [6, 6.07) is 5.12. The summed E-state index contributed by atoms with van der Waals surface area (Å²) in [4.78, 5) is 0.416. The van der Waals surface area contributed by atoms with E-state index in [9.17, 15) is 8.42 Å². The van der Waals surface area contributed by atoms with Crippen LogP contribution >= 0.6 is 0 Å². The molecular weight excluding hydrogens is 222 g/mol. The lowest BCUT2D eigenvalue weighted by molar-refractivity contribution is 0.579. The Labute approximate surface area is 96.6 Å². The predicted octanol–water partition coefficient (Wildman–Crippen LogP) is 2.29. The van der Waals surface area contributed by atoms with Crippen LogP contribution in [0.1, 0.15) is 31.2 Å². The van der Waals surface area contributed by atoms with E-state index in [2.05, 4.69) is 0 Å². The largest absolute Gasteiger partial charge is 0.398 e. The van der Waals surface area contributed by atoms with Gasteiger partial charge < -0.3 is 5.73 Å². The first-order valence-corrected chi connectivity index (χ1v) is 7.17. The van der Waals surface area contributed by atoms with E-state index in [1.807, 2.05) is 0 Å². The highest BCUT2D eigenvalue weighted by molar-refractivity contribution is 7.92. The number of sulfone groups is 1. The quantitative estimate of drug-likeness (QED) is 0.805. The zero-order valence-corrected chi connectivity index (χ0v) is 10.3. The first-order valence-electron chi connectivity index (χ1n) is 5.62. The van der Waals surface area contributed by atoms with Crippen LogP contribution < -0.4 is 5.73 Å². The minimum Gasteiger partial charge on any atom is -0.398 e. The SMILES string of the molecule is Cc1c(N)cccc1S(=O)(=O)C1CCCC1. The molecule has 0 atom stereocenters. The predicted molar refractivity (Wildman–Crippen MR) is 65.0 cm³/mol. The maximum atomic E-state index is 12.4. The van der Waals surface area contributed by atoms with Crippen LogP contribution in [0.5, 0.6) is 0 Å². The number of hydrogen-bond donors (Lipinski definition) is 1. The summed E-state index contributed by atoms with van der Waals surface area (Å²) >= 11 is 0. The van der Waals surface area contributed by atoms with Crippen molar-refractivity contribution in [2.75, 3.05) is 5.73 Å². The van der Waals surface area contributed by atoms with Crippen LogP contribution in [0.3, 0.4) is 0 Å². The van der Waals surface area contributed by atoms with Crippen molar-refractivity contribution in [2.45, 2.75) is 42.8 Å². The van der Waals surface area contributed by atoms with E-state index < -0.39 is 9.84 Å². The minimum atomic E-state index is -3.17. The van der Waals surface area contributed by atoms with Crippen LogP contribution in [0.2, 0.25) is 0 Å². The monoisotopic (exact) mass is 239 g/mol. The minimum absolute atomic E-state index is 0.201. The molecule has 0 aliphatic heterocycles. The standard InChI is InChI=1S/C12H17NO2S/c1-9-11(13)7-4-8-12(9)16(14,15)10-5-2-3-6-10/h4,7-8,10H,2-3,5-6,13H2,1H3. The summed E-state index contributed by atoms with van der Waals surface area (Å²) in [7, 11) is -3.17. The third kappa shape index (κ3) is 1.82. The maximum absolute atomic E-state index is 12.4. The molecule has 0 radical (unpaired) electrons. The van der Waals surface area contributed by atoms with Gasteiger partial charge in [-0.05, 0) is 37.5 Å². The molecule has 1 fully saturated rings. The molecule has 0 amide bonds. The zero-order valence-electron chi connectivity index (χ0n) is 9.44. The van der Waals surface area contributed by atoms with Gasteiger partial charge in [-0.3, -0.25) is 0 Å². The summed E-state index contributed by atoms with van der Waals surface area (Å²) in [5.41, 5.74) is 7.00. The summed E-state index contributed by atoms with van der Waals surface area (Å²) in [6.07, 6.45) is 3.61. The van der Waals surface area contributed by atoms with Gasteiger partial charge in [0, 0.05) is 5.69 Å². The van der Waals surface area contributed by atoms with Crippen LogP contribution in [0.25, 0.3) is 0 Å². The molecule has 0 aromatic heterocycles.